The quantitative estimate of drug-likeness (QED) is 0.511. The monoisotopic (exact) mass is 200 g/mol. The van der Waals surface area contributed by atoms with E-state index in [0.29, 0.717) is 23.8 Å². The van der Waals surface area contributed by atoms with E-state index < -0.39 is 0 Å². The highest BCUT2D eigenvalue weighted by molar-refractivity contribution is 7.80. The molecule has 5 heteroatoms. The standard InChI is InChI=1S/C8H12N2O2S/c1-3-12-7(11)6-4-9-8(13)10(2)5-6/h5H,3-4H2,1-2H3,(H,9,13). The van der Waals surface area contributed by atoms with E-state index in [-0.39, 0.29) is 5.97 Å². The molecule has 0 aromatic carbocycles. The average Bonchev–Trinajstić information content (AvgIpc) is 2.10. The van der Waals surface area contributed by atoms with Crippen LogP contribution in [0.5, 0.6) is 0 Å². The number of nitrogens with one attached hydrogen (secondary N) is 1. The van der Waals surface area contributed by atoms with Gasteiger partial charge in [0.15, 0.2) is 5.11 Å². The van der Waals surface area contributed by atoms with Gasteiger partial charge >= 0.3 is 5.97 Å². The predicted octanol–water partition coefficient (Wildman–Crippen LogP) is 0.253. The van der Waals surface area contributed by atoms with E-state index >= 15 is 0 Å². The Bertz CT molecular complexity index is 263. The van der Waals surface area contributed by atoms with Gasteiger partial charge in [-0.1, -0.05) is 0 Å². The van der Waals surface area contributed by atoms with Crippen molar-refractivity contribution < 1.29 is 9.53 Å². The van der Waals surface area contributed by atoms with Gasteiger partial charge in [0.2, 0.25) is 0 Å². The molecule has 0 amide bonds. The van der Waals surface area contributed by atoms with Crippen molar-refractivity contribution in [1.29, 1.82) is 0 Å². The van der Waals surface area contributed by atoms with Crippen molar-refractivity contribution in [3.63, 3.8) is 0 Å². The fourth-order valence-electron chi connectivity index (χ4n) is 0.982. The maximum atomic E-state index is 11.2. The van der Waals surface area contributed by atoms with Gasteiger partial charge in [-0.05, 0) is 19.1 Å². The van der Waals surface area contributed by atoms with Crippen molar-refractivity contribution in [3.8, 4) is 0 Å². The molecule has 0 aromatic heterocycles. The fraction of sp³-hybridized carbons (Fsp3) is 0.500. The number of hydrogen-bond acceptors (Lipinski definition) is 3. The van der Waals surface area contributed by atoms with E-state index in [4.69, 9.17) is 17.0 Å². The summed E-state index contributed by atoms with van der Waals surface area (Å²) in [6.45, 7) is 2.62. The van der Waals surface area contributed by atoms with E-state index in [0.717, 1.165) is 0 Å². The third-order valence-electron chi connectivity index (χ3n) is 1.64. The summed E-state index contributed by atoms with van der Waals surface area (Å²) in [7, 11) is 1.79. The predicted molar refractivity (Wildman–Crippen MR) is 53.1 cm³/mol. The SMILES string of the molecule is CCOC(=O)C1=CN(C)C(=S)NC1. The highest BCUT2D eigenvalue weighted by Gasteiger charge is 2.17. The molecule has 1 heterocycles. The first-order valence-corrected chi connectivity index (χ1v) is 4.44. The summed E-state index contributed by atoms with van der Waals surface area (Å²) in [5.41, 5.74) is 0.595. The van der Waals surface area contributed by atoms with E-state index in [9.17, 15) is 4.79 Å². The fourth-order valence-corrected chi connectivity index (χ4v) is 1.11. The molecule has 0 aromatic rings. The molecular weight excluding hydrogens is 188 g/mol. The third kappa shape index (κ3) is 2.42. The van der Waals surface area contributed by atoms with Gasteiger partial charge in [-0.25, -0.2) is 4.79 Å². The molecule has 72 valence electrons. The van der Waals surface area contributed by atoms with E-state index in [1.165, 1.54) is 0 Å². The summed E-state index contributed by atoms with van der Waals surface area (Å²) >= 11 is 4.95. The molecule has 0 spiro atoms. The minimum absolute atomic E-state index is 0.288. The van der Waals surface area contributed by atoms with Crippen LogP contribution in [0.15, 0.2) is 11.8 Å². The first kappa shape index (κ1) is 9.98. The van der Waals surface area contributed by atoms with Crippen LogP contribution >= 0.6 is 12.2 Å². The van der Waals surface area contributed by atoms with Crippen molar-refractivity contribution >= 4 is 23.3 Å². The van der Waals surface area contributed by atoms with Gasteiger partial charge in [-0.2, -0.15) is 0 Å². The minimum atomic E-state index is -0.288. The van der Waals surface area contributed by atoms with Crippen LogP contribution < -0.4 is 5.32 Å². The molecule has 0 bridgehead atoms. The molecule has 1 N–H and O–H groups in total. The summed E-state index contributed by atoms with van der Waals surface area (Å²) in [6, 6.07) is 0. The Morgan fingerprint density at radius 1 is 1.85 bits per heavy atom. The van der Waals surface area contributed by atoms with Crippen molar-refractivity contribution in [2.24, 2.45) is 0 Å². The Morgan fingerprint density at radius 3 is 3.08 bits per heavy atom. The molecule has 0 atom stereocenters. The lowest BCUT2D eigenvalue weighted by atomic mass is 10.2. The van der Waals surface area contributed by atoms with Gasteiger partial charge in [0, 0.05) is 13.2 Å². The molecule has 1 aliphatic rings. The van der Waals surface area contributed by atoms with Gasteiger partial charge in [0.1, 0.15) is 0 Å². The Kier molecular flexibility index (Phi) is 3.25. The summed E-state index contributed by atoms with van der Waals surface area (Å²) in [5.74, 6) is -0.288. The number of hydrogen-bond donors (Lipinski definition) is 1. The Labute approximate surface area is 82.5 Å². The van der Waals surface area contributed by atoms with Crippen molar-refractivity contribution in [2.45, 2.75) is 6.92 Å². The maximum absolute atomic E-state index is 11.2. The van der Waals surface area contributed by atoms with Gasteiger partial charge < -0.3 is 15.0 Å². The van der Waals surface area contributed by atoms with Crippen LogP contribution in [0.25, 0.3) is 0 Å². The number of ether oxygens (including phenoxy) is 1. The summed E-state index contributed by atoms with van der Waals surface area (Å²) in [6.07, 6.45) is 1.69. The second-order valence-corrected chi connectivity index (χ2v) is 3.03. The highest BCUT2D eigenvalue weighted by atomic mass is 32.1. The average molecular weight is 200 g/mol. The van der Waals surface area contributed by atoms with Gasteiger partial charge in [-0.3, -0.25) is 0 Å². The molecule has 4 nitrogen and oxygen atoms in total. The minimum Gasteiger partial charge on any atom is -0.463 e. The zero-order valence-electron chi connectivity index (χ0n) is 7.66. The maximum Gasteiger partial charge on any atom is 0.337 e. The van der Waals surface area contributed by atoms with Crippen LogP contribution in [0.4, 0.5) is 0 Å². The number of carbonyl (C=O) groups is 1. The van der Waals surface area contributed by atoms with Gasteiger partial charge in [0.05, 0.1) is 18.7 Å². The first-order valence-electron chi connectivity index (χ1n) is 4.03. The molecule has 0 unspecified atom stereocenters. The molecule has 1 rings (SSSR count). The van der Waals surface area contributed by atoms with Gasteiger partial charge in [0.25, 0.3) is 0 Å². The Balaban J connectivity index is 2.66. The first-order chi connectivity index (χ1) is 6.15. The second-order valence-electron chi connectivity index (χ2n) is 2.64. The van der Waals surface area contributed by atoms with Gasteiger partial charge in [-0.15, -0.1) is 0 Å². The van der Waals surface area contributed by atoms with Crippen molar-refractivity contribution in [3.05, 3.63) is 11.8 Å². The molecule has 0 radical (unpaired) electrons. The van der Waals surface area contributed by atoms with E-state index in [1.54, 1.807) is 25.1 Å². The molecule has 0 saturated heterocycles. The highest BCUT2D eigenvalue weighted by Crippen LogP contribution is 2.04. The van der Waals surface area contributed by atoms with Crippen LogP contribution in [0.2, 0.25) is 0 Å². The molecular formula is C8H12N2O2S. The Morgan fingerprint density at radius 2 is 2.54 bits per heavy atom. The third-order valence-corrected chi connectivity index (χ3v) is 2.07. The largest absolute Gasteiger partial charge is 0.463 e. The molecule has 0 saturated carbocycles. The van der Waals surface area contributed by atoms with Crippen LogP contribution in [0, 0.1) is 0 Å². The lowest BCUT2D eigenvalue weighted by Crippen LogP contribution is -2.41. The molecule has 0 aliphatic carbocycles. The smallest absolute Gasteiger partial charge is 0.337 e. The van der Waals surface area contributed by atoms with Crippen LogP contribution in [0.3, 0.4) is 0 Å². The van der Waals surface area contributed by atoms with E-state index in [1.807, 2.05) is 0 Å². The van der Waals surface area contributed by atoms with E-state index in [2.05, 4.69) is 5.32 Å². The molecule has 1 aliphatic heterocycles. The van der Waals surface area contributed by atoms with Crippen molar-refractivity contribution in [1.82, 2.24) is 10.2 Å². The lowest BCUT2D eigenvalue weighted by molar-refractivity contribution is -0.138. The summed E-state index contributed by atoms with van der Waals surface area (Å²) in [5, 5.41) is 3.53. The zero-order valence-corrected chi connectivity index (χ0v) is 8.48. The zero-order chi connectivity index (χ0) is 9.84. The number of esters is 1. The van der Waals surface area contributed by atoms with Crippen LogP contribution in [0.1, 0.15) is 6.92 Å². The Hall–Kier alpha value is -1.10. The van der Waals surface area contributed by atoms with Crippen molar-refractivity contribution in [2.75, 3.05) is 20.2 Å². The topological polar surface area (TPSA) is 41.6 Å². The molecule has 0 fully saturated rings. The second kappa shape index (κ2) is 4.23. The lowest BCUT2D eigenvalue weighted by Gasteiger charge is -2.23. The van der Waals surface area contributed by atoms with Crippen LogP contribution in [-0.4, -0.2) is 36.2 Å². The number of thiocarbonyl (C=S) groups is 1. The molecule has 13 heavy (non-hydrogen) atoms. The number of carbonyl (C=O) groups excluding carboxylic acids is 1. The van der Waals surface area contributed by atoms with Crippen LogP contribution in [-0.2, 0) is 9.53 Å². The summed E-state index contributed by atoms with van der Waals surface area (Å²) in [4.78, 5) is 12.9. The summed E-state index contributed by atoms with van der Waals surface area (Å²) < 4.78 is 4.85. The number of nitrogens with zero attached hydrogens (tertiary/aromatic N) is 1. The number of rotatable bonds is 2. The normalized spacial score (nSPS) is 16.3.